The Balaban J connectivity index is 1.24. The smallest absolute Gasteiger partial charge is 0.163 e. The summed E-state index contributed by atoms with van der Waals surface area (Å²) >= 11 is 0. The molecule has 1 aliphatic rings. The minimum absolute atomic E-state index is 0.236. The second kappa shape index (κ2) is 9.14. The van der Waals surface area contributed by atoms with Gasteiger partial charge in [-0.25, -0.2) is 0 Å². The quantitative estimate of drug-likeness (QED) is 0.354. The molecule has 0 fully saturated rings. The molecular weight excluding hydrogens is 406 g/mol. The van der Waals surface area contributed by atoms with E-state index < -0.39 is 0 Å². The molecule has 0 aliphatic heterocycles. The average Bonchev–Trinajstić information content (AvgIpc) is 2.88. The number of ether oxygens (including phenoxy) is 1. The topological polar surface area (TPSA) is 50.1 Å². The van der Waals surface area contributed by atoms with Crippen molar-refractivity contribution in [3.63, 3.8) is 0 Å². The van der Waals surface area contributed by atoms with Crippen LogP contribution in [0.2, 0.25) is 0 Å². The van der Waals surface area contributed by atoms with E-state index in [1.807, 2.05) is 42.5 Å². The Morgan fingerprint density at radius 1 is 0.788 bits per heavy atom. The third-order valence-corrected chi connectivity index (χ3v) is 6.27. The fourth-order valence-electron chi connectivity index (χ4n) is 4.41. The van der Waals surface area contributed by atoms with E-state index in [0.29, 0.717) is 18.6 Å². The largest absolute Gasteiger partial charge is 0.489 e. The molecule has 1 atom stereocenters. The number of benzene rings is 4. The molecular formula is C30H23NO2. The summed E-state index contributed by atoms with van der Waals surface area (Å²) in [5.74, 6) is 1.28. The molecule has 160 valence electrons. The minimum atomic E-state index is 0.236. The summed E-state index contributed by atoms with van der Waals surface area (Å²) in [6.45, 7) is 0.461. The van der Waals surface area contributed by atoms with Crippen molar-refractivity contribution in [2.24, 2.45) is 0 Å². The molecule has 1 aliphatic carbocycles. The van der Waals surface area contributed by atoms with Gasteiger partial charge in [0.15, 0.2) is 5.78 Å². The first-order valence-electron chi connectivity index (χ1n) is 11.1. The number of carbonyl (C=O) groups is 1. The molecule has 0 spiro atoms. The van der Waals surface area contributed by atoms with Gasteiger partial charge in [0.2, 0.25) is 0 Å². The van der Waals surface area contributed by atoms with Crippen molar-refractivity contribution in [1.82, 2.24) is 0 Å². The van der Waals surface area contributed by atoms with Gasteiger partial charge in [0.1, 0.15) is 12.4 Å². The van der Waals surface area contributed by atoms with Crippen LogP contribution in [-0.4, -0.2) is 5.78 Å². The Morgan fingerprint density at radius 2 is 1.45 bits per heavy atom. The van der Waals surface area contributed by atoms with Crippen LogP contribution in [0.1, 0.15) is 45.0 Å². The fourth-order valence-corrected chi connectivity index (χ4v) is 4.41. The van der Waals surface area contributed by atoms with Crippen molar-refractivity contribution in [1.29, 1.82) is 5.26 Å². The Bertz CT molecular complexity index is 1310. The van der Waals surface area contributed by atoms with Gasteiger partial charge in [-0.3, -0.25) is 4.79 Å². The van der Waals surface area contributed by atoms with Crippen molar-refractivity contribution in [2.75, 3.05) is 0 Å². The molecule has 0 heterocycles. The van der Waals surface area contributed by atoms with Gasteiger partial charge in [-0.2, -0.15) is 5.26 Å². The first kappa shape index (κ1) is 20.7. The van der Waals surface area contributed by atoms with Crippen LogP contribution in [-0.2, 0) is 13.0 Å². The summed E-state index contributed by atoms with van der Waals surface area (Å²) in [4.78, 5) is 12.5. The van der Waals surface area contributed by atoms with Gasteiger partial charge < -0.3 is 4.74 Å². The zero-order valence-electron chi connectivity index (χ0n) is 18.2. The van der Waals surface area contributed by atoms with Crippen LogP contribution < -0.4 is 4.74 Å². The molecule has 0 saturated heterocycles. The summed E-state index contributed by atoms with van der Waals surface area (Å²) in [6, 6.07) is 34.1. The monoisotopic (exact) mass is 429 g/mol. The number of carbonyl (C=O) groups excluding carboxylic acids is 1. The highest BCUT2D eigenvalue weighted by Gasteiger charge is 2.25. The molecule has 0 radical (unpaired) electrons. The van der Waals surface area contributed by atoms with Crippen molar-refractivity contribution < 1.29 is 9.53 Å². The highest BCUT2D eigenvalue weighted by atomic mass is 16.5. The van der Waals surface area contributed by atoms with E-state index in [4.69, 9.17) is 10.00 Å². The average molecular weight is 430 g/mol. The molecule has 33 heavy (non-hydrogen) atoms. The molecule has 4 aromatic rings. The minimum Gasteiger partial charge on any atom is -0.489 e. The SMILES string of the molecule is N#Cc1ccc(COc2ccc(-c3ccc(C4CC(=O)c5ccccc5C4)cc3)cc2)cc1. The number of hydrogen-bond donors (Lipinski definition) is 0. The van der Waals surface area contributed by atoms with Crippen LogP contribution in [0, 0.1) is 11.3 Å². The fraction of sp³-hybridized carbons (Fsp3) is 0.133. The Labute approximate surface area is 193 Å². The number of ketones is 1. The summed E-state index contributed by atoms with van der Waals surface area (Å²) in [5, 5.41) is 8.89. The molecule has 0 aromatic heterocycles. The lowest BCUT2D eigenvalue weighted by Crippen LogP contribution is -2.18. The zero-order chi connectivity index (χ0) is 22.6. The second-order valence-electron chi connectivity index (χ2n) is 8.43. The highest BCUT2D eigenvalue weighted by molar-refractivity contribution is 5.99. The molecule has 0 N–H and O–H groups in total. The van der Waals surface area contributed by atoms with Crippen molar-refractivity contribution in [2.45, 2.75) is 25.4 Å². The summed E-state index contributed by atoms with van der Waals surface area (Å²) < 4.78 is 5.88. The van der Waals surface area contributed by atoms with E-state index in [0.717, 1.165) is 40.0 Å². The maximum absolute atomic E-state index is 12.5. The van der Waals surface area contributed by atoms with Crippen LogP contribution >= 0.6 is 0 Å². The predicted octanol–water partition coefficient (Wildman–Crippen LogP) is 6.72. The van der Waals surface area contributed by atoms with Crippen molar-refractivity contribution in [3.05, 3.63) is 125 Å². The van der Waals surface area contributed by atoms with E-state index in [2.05, 4.69) is 48.5 Å². The van der Waals surface area contributed by atoms with Gasteiger partial charge >= 0.3 is 0 Å². The summed E-state index contributed by atoms with van der Waals surface area (Å²) in [6.07, 6.45) is 1.48. The highest BCUT2D eigenvalue weighted by Crippen LogP contribution is 2.33. The van der Waals surface area contributed by atoms with Crippen LogP contribution in [0.4, 0.5) is 0 Å². The third-order valence-electron chi connectivity index (χ3n) is 6.27. The Hall–Kier alpha value is -4.16. The normalized spacial score (nSPS) is 14.9. The van der Waals surface area contributed by atoms with E-state index in [9.17, 15) is 4.79 Å². The van der Waals surface area contributed by atoms with Gasteiger partial charge in [-0.05, 0) is 64.4 Å². The van der Waals surface area contributed by atoms with Crippen molar-refractivity contribution >= 4 is 5.78 Å². The van der Waals surface area contributed by atoms with Crippen LogP contribution in [0.5, 0.6) is 5.75 Å². The van der Waals surface area contributed by atoms with Crippen LogP contribution in [0.25, 0.3) is 11.1 Å². The van der Waals surface area contributed by atoms with E-state index >= 15 is 0 Å². The summed E-state index contributed by atoms with van der Waals surface area (Å²) in [5.41, 5.74) is 7.18. The lowest BCUT2D eigenvalue weighted by atomic mass is 9.79. The number of hydrogen-bond acceptors (Lipinski definition) is 3. The van der Waals surface area contributed by atoms with Gasteiger partial charge in [-0.1, -0.05) is 72.8 Å². The standard InChI is InChI=1S/C30H23NO2/c31-19-21-5-7-22(8-6-21)20-33-28-15-13-24(14-16-28)23-9-11-25(12-10-23)27-17-26-3-1-2-4-29(26)30(32)18-27/h1-16,27H,17-18,20H2. The molecule has 0 amide bonds. The molecule has 1 unspecified atom stereocenters. The predicted molar refractivity (Wildman–Crippen MR) is 129 cm³/mol. The van der Waals surface area contributed by atoms with Crippen LogP contribution in [0.15, 0.2) is 97.1 Å². The lowest BCUT2D eigenvalue weighted by molar-refractivity contribution is 0.0964. The number of rotatable bonds is 5. The maximum atomic E-state index is 12.5. The van der Waals surface area contributed by atoms with E-state index in [1.165, 1.54) is 5.56 Å². The molecule has 3 nitrogen and oxygen atoms in total. The molecule has 0 bridgehead atoms. The number of Topliss-reactive ketones (excluding diaryl/α,β-unsaturated/α-hetero) is 1. The number of fused-ring (bicyclic) bond motifs is 1. The molecule has 3 heteroatoms. The lowest BCUT2D eigenvalue weighted by Gasteiger charge is -2.24. The molecule has 5 rings (SSSR count). The van der Waals surface area contributed by atoms with Gasteiger partial charge in [0, 0.05) is 12.0 Å². The van der Waals surface area contributed by atoms with E-state index in [1.54, 1.807) is 12.1 Å². The number of nitriles is 1. The third kappa shape index (κ3) is 4.56. The Kier molecular flexibility index (Phi) is 5.74. The van der Waals surface area contributed by atoms with Crippen LogP contribution in [0.3, 0.4) is 0 Å². The first-order chi connectivity index (χ1) is 16.2. The summed E-state index contributed by atoms with van der Waals surface area (Å²) in [7, 11) is 0. The van der Waals surface area contributed by atoms with E-state index in [-0.39, 0.29) is 11.7 Å². The van der Waals surface area contributed by atoms with Gasteiger partial charge in [0.25, 0.3) is 0 Å². The molecule has 4 aromatic carbocycles. The number of nitrogens with zero attached hydrogens (tertiary/aromatic N) is 1. The van der Waals surface area contributed by atoms with Gasteiger partial charge in [-0.15, -0.1) is 0 Å². The first-order valence-corrected chi connectivity index (χ1v) is 11.1. The van der Waals surface area contributed by atoms with Crippen molar-refractivity contribution in [3.8, 4) is 22.9 Å². The molecule has 0 saturated carbocycles. The maximum Gasteiger partial charge on any atom is 0.163 e. The second-order valence-corrected chi connectivity index (χ2v) is 8.43. The zero-order valence-corrected chi connectivity index (χ0v) is 18.2. The Morgan fingerprint density at radius 3 is 2.15 bits per heavy atom. The van der Waals surface area contributed by atoms with Gasteiger partial charge in [0.05, 0.1) is 11.6 Å².